The van der Waals surface area contributed by atoms with E-state index in [1.54, 1.807) is 6.26 Å². The molecule has 0 bridgehead atoms. The molecule has 4 aromatic carbocycles. The number of thioether (sulfide) groups is 1. The third-order valence-corrected chi connectivity index (χ3v) is 13.3. The zero-order chi connectivity index (χ0) is 36.3. The van der Waals surface area contributed by atoms with Gasteiger partial charge in [-0.15, -0.1) is 22.0 Å². The van der Waals surface area contributed by atoms with Gasteiger partial charge in [0, 0.05) is 60.5 Å². The monoisotopic (exact) mass is 761 g/mol. The van der Waals surface area contributed by atoms with Crippen LogP contribution in [0.2, 0.25) is 0 Å². The van der Waals surface area contributed by atoms with Crippen molar-refractivity contribution in [2.45, 2.75) is 60.6 Å². The number of H-pyrrole nitrogens is 1. The highest BCUT2D eigenvalue weighted by Crippen LogP contribution is 2.56. The molecule has 55 heavy (non-hydrogen) atoms. The van der Waals surface area contributed by atoms with Crippen molar-refractivity contribution in [1.82, 2.24) is 24.9 Å². The molecule has 4 aliphatic rings. The highest BCUT2D eigenvalue weighted by molar-refractivity contribution is 8.00. The first-order valence-electron chi connectivity index (χ1n) is 18.8. The second-order valence-corrected chi connectivity index (χ2v) is 16.2. The van der Waals surface area contributed by atoms with Crippen LogP contribution in [0.4, 0.5) is 0 Å². The molecular formula is C44H35N5O4S2. The van der Waals surface area contributed by atoms with E-state index in [9.17, 15) is 0 Å². The van der Waals surface area contributed by atoms with Crippen LogP contribution in [0.3, 0.4) is 0 Å². The SMILES string of the molecule is c1c[nH]c(-c2cc3c(c(-c4csnn4)c2-c2conn2)C(C2CCc4ccccc4O2)=C(C2CCc4ccccc4S2)C(C2OCCc4ccccc42)O3)c1. The third kappa shape index (κ3) is 5.63. The lowest BCUT2D eigenvalue weighted by Crippen LogP contribution is -2.42. The quantitative estimate of drug-likeness (QED) is 0.177. The van der Waals surface area contributed by atoms with Gasteiger partial charge in [0.05, 0.1) is 6.61 Å². The van der Waals surface area contributed by atoms with Crippen molar-refractivity contribution in [2.24, 2.45) is 0 Å². The number of para-hydroxylation sites is 1. The molecule has 4 atom stereocenters. The first-order valence-corrected chi connectivity index (χ1v) is 20.5. The molecule has 0 radical (unpaired) electrons. The Balaban J connectivity index is 1.24. The van der Waals surface area contributed by atoms with Gasteiger partial charge in [-0.2, -0.15) is 0 Å². The molecule has 11 heteroatoms. The minimum atomic E-state index is -0.426. The van der Waals surface area contributed by atoms with Crippen LogP contribution in [0.1, 0.15) is 46.8 Å². The fraction of sp³-hybridized carbons (Fsp3) is 0.227. The van der Waals surface area contributed by atoms with E-state index < -0.39 is 6.10 Å². The number of rotatable bonds is 6. The van der Waals surface area contributed by atoms with Gasteiger partial charge in [-0.1, -0.05) is 65.2 Å². The molecule has 4 unspecified atom stereocenters. The lowest BCUT2D eigenvalue weighted by molar-refractivity contribution is -0.0238. The van der Waals surface area contributed by atoms with Crippen molar-refractivity contribution in [3.05, 3.63) is 142 Å². The fourth-order valence-corrected chi connectivity index (χ4v) is 10.8. The highest BCUT2D eigenvalue weighted by Gasteiger charge is 2.46. The lowest BCUT2D eigenvalue weighted by atomic mass is 9.76. The summed E-state index contributed by atoms with van der Waals surface area (Å²) in [6.45, 7) is 0.618. The molecule has 4 aliphatic heterocycles. The third-order valence-electron chi connectivity index (χ3n) is 11.4. The number of aromatic nitrogens is 5. The first kappa shape index (κ1) is 32.9. The van der Waals surface area contributed by atoms with Gasteiger partial charge in [-0.3, -0.25) is 0 Å². The molecule has 3 aromatic heterocycles. The van der Waals surface area contributed by atoms with Gasteiger partial charge in [-0.05, 0) is 102 Å². The summed E-state index contributed by atoms with van der Waals surface area (Å²) in [4.78, 5) is 4.75. The van der Waals surface area contributed by atoms with E-state index in [2.05, 4.69) is 105 Å². The predicted octanol–water partition coefficient (Wildman–Crippen LogP) is 9.58. The summed E-state index contributed by atoms with van der Waals surface area (Å²) in [5.74, 6) is 1.66. The largest absolute Gasteiger partial charge is 0.485 e. The highest BCUT2D eigenvalue weighted by atomic mass is 32.2. The van der Waals surface area contributed by atoms with Gasteiger partial charge < -0.3 is 23.7 Å². The van der Waals surface area contributed by atoms with Crippen LogP contribution >= 0.6 is 23.3 Å². The number of hydrogen-bond acceptors (Lipinski definition) is 10. The Morgan fingerprint density at radius 1 is 0.709 bits per heavy atom. The summed E-state index contributed by atoms with van der Waals surface area (Å²) in [6.07, 6.45) is 6.95. The minimum absolute atomic E-state index is 0.0863. The molecule has 0 saturated heterocycles. The van der Waals surface area contributed by atoms with Gasteiger partial charge in [0.2, 0.25) is 0 Å². The topological polar surface area (TPSA) is 108 Å². The molecule has 7 heterocycles. The average molecular weight is 762 g/mol. The van der Waals surface area contributed by atoms with Crippen molar-refractivity contribution in [3.8, 4) is 45.3 Å². The minimum Gasteiger partial charge on any atom is -0.485 e. The summed E-state index contributed by atoms with van der Waals surface area (Å²) >= 11 is 3.25. The molecule has 7 aromatic rings. The molecule has 11 rings (SSSR count). The molecule has 9 nitrogen and oxygen atoms in total. The molecule has 272 valence electrons. The first-order chi connectivity index (χ1) is 27.3. The van der Waals surface area contributed by atoms with Gasteiger partial charge in [0.15, 0.2) is 12.4 Å². The summed E-state index contributed by atoms with van der Waals surface area (Å²) in [6, 6.07) is 32.1. The molecule has 0 saturated carbocycles. The Labute approximate surface area is 325 Å². The zero-order valence-corrected chi connectivity index (χ0v) is 31.3. The molecule has 0 fully saturated rings. The van der Waals surface area contributed by atoms with Gasteiger partial charge >= 0.3 is 0 Å². The Hall–Kier alpha value is -5.49. The van der Waals surface area contributed by atoms with Gasteiger partial charge in [-0.25, -0.2) is 0 Å². The average Bonchev–Trinajstić information content (AvgIpc) is 4.07. The van der Waals surface area contributed by atoms with Crippen molar-refractivity contribution in [2.75, 3.05) is 6.61 Å². The Bertz CT molecular complexity index is 2550. The second kappa shape index (κ2) is 13.7. The maximum absolute atomic E-state index is 7.55. The van der Waals surface area contributed by atoms with Crippen LogP contribution in [-0.2, 0) is 24.0 Å². The Morgan fingerprint density at radius 3 is 2.42 bits per heavy atom. The maximum Gasteiger partial charge on any atom is 0.152 e. The normalized spacial score (nSPS) is 21.5. The number of nitrogens with zero attached hydrogens (tertiary/aromatic N) is 4. The van der Waals surface area contributed by atoms with E-state index in [1.807, 2.05) is 29.4 Å². The van der Waals surface area contributed by atoms with Crippen molar-refractivity contribution in [3.63, 3.8) is 0 Å². The molecule has 0 aliphatic carbocycles. The number of aryl methyl sites for hydroxylation is 2. The molecule has 1 N–H and O–H groups in total. The number of hydrogen-bond donors (Lipinski definition) is 1. The summed E-state index contributed by atoms with van der Waals surface area (Å²) in [5, 5.41) is 15.3. The number of nitrogens with one attached hydrogen (secondary N) is 1. The van der Waals surface area contributed by atoms with E-state index in [0.29, 0.717) is 12.3 Å². The predicted molar refractivity (Wildman–Crippen MR) is 212 cm³/mol. The zero-order valence-electron chi connectivity index (χ0n) is 29.7. The van der Waals surface area contributed by atoms with Crippen LogP contribution in [0.25, 0.3) is 39.3 Å². The van der Waals surface area contributed by atoms with Crippen molar-refractivity contribution >= 4 is 28.9 Å². The second-order valence-electron chi connectivity index (χ2n) is 14.4. The van der Waals surface area contributed by atoms with E-state index in [-0.39, 0.29) is 17.5 Å². The van der Waals surface area contributed by atoms with Crippen LogP contribution in [0.5, 0.6) is 11.5 Å². The fourth-order valence-electron chi connectivity index (χ4n) is 8.97. The van der Waals surface area contributed by atoms with Crippen LogP contribution in [0, 0.1) is 0 Å². The van der Waals surface area contributed by atoms with Gasteiger partial charge in [0.25, 0.3) is 0 Å². The maximum atomic E-state index is 7.55. The van der Waals surface area contributed by atoms with Crippen molar-refractivity contribution in [1.29, 1.82) is 0 Å². The number of benzene rings is 4. The molecular weight excluding hydrogens is 727 g/mol. The Kier molecular flexibility index (Phi) is 8.17. The van der Waals surface area contributed by atoms with Crippen LogP contribution in [0.15, 0.2) is 124 Å². The number of ether oxygens (including phenoxy) is 3. The van der Waals surface area contributed by atoms with E-state index in [4.69, 9.17) is 23.8 Å². The smallest absolute Gasteiger partial charge is 0.152 e. The summed E-state index contributed by atoms with van der Waals surface area (Å²) < 4.78 is 31.4. The lowest BCUT2D eigenvalue weighted by Gasteiger charge is -2.44. The van der Waals surface area contributed by atoms with E-state index >= 15 is 0 Å². The van der Waals surface area contributed by atoms with Crippen LogP contribution < -0.4 is 9.47 Å². The number of fused-ring (bicyclic) bond motifs is 4. The number of aromatic amines is 1. The molecule has 0 spiro atoms. The van der Waals surface area contributed by atoms with E-state index in [1.165, 1.54) is 44.3 Å². The molecule has 0 amide bonds. The summed E-state index contributed by atoms with van der Waals surface area (Å²) in [7, 11) is 0. The Morgan fingerprint density at radius 2 is 1.56 bits per heavy atom. The van der Waals surface area contributed by atoms with Crippen LogP contribution in [-0.4, -0.2) is 49.0 Å². The standard InChI is InChI=1S/C44H35N5O4S2/c1-4-11-28-25(8-1)19-21-50-43(28)44-42(37-18-16-27-10-3-6-14-36(27)55-37)40(34-17-15-26-9-2-5-13-33(26)52-34)41-35(53-44)22-29(30-12-7-20-45-30)38(31-23-51-48-46-31)39(41)32-24-54-49-47-32/h1-14,20,22-24,34,37,43-45H,15-19,21H2. The van der Waals surface area contributed by atoms with Crippen molar-refractivity contribution < 1.29 is 18.7 Å². The summed E-state index contributed by atoms with van der Waals surface area (Å²) in [5.41, 5.74) is 13.2. The van der Waals surface area contributed by atoms with Gasteiger partial charge in [0.1, 0.15) is 35.1 Å². The van der Waals surface area contributed by atoms with E-state index in [0.717, 1.165) is 82.8 Å².